The number of rotatable bonds is 7. The zero-order valence-electron chi connectivity index (χ0n) is 13.6. The Morgan fingerprint density at radius 2 is 2.42 bits per heavy atom. The van der Waals surface area contributed by atoms with Gasteiger partial charge in [-0.2, -0.15) is 4.98 Å². The number of nitrogens with zero attached hydrogens (tertiary/aromatic N) is 3. The van der Waals surface area contributed by atoms with Gasteiger partial charge in [0.1, 0.15) is 5.84 Å². The number of allylic oxidation sites excluding steroid dienone is 1. The number of anilines is 1. The Bertz CT molecular complexity index is 671. The van der Waals surface area contributed by atoms with Crippen molar-refractivity contribution in [1.29, 1.82) is 0 Å². The van der Waals surface area contributed by atoms with E-state index in [1.807, 2.05) is 18.4 Å². The van der Waals surface area contributed by atoms with Crippen LogP contribution in [0.3, 0.4) is 0 Å². The highest BCUT2D eigenvalue weighted by Gasteiger charge is 2.35. The third-order valence-electron chi connectivity index (χ3n) is 3.79. The molecule has 128 valence electrons. The van der Waals surface area contributed by atoms with Gasteiger partial charge in [-0.3, -0.25) is 0 Å². The predicted molar refractivity (Wildman–Crippen MR) is 104 cm³/mol. The lowest BCUT2D eigenvalue weighted by atomic mass is 10.1. The fourth-order valence-corrected chi connectivity index (χ4v) is 3.14. The van der Waals surface area contributed by atoms with Crippen LogP contribution in [0.1, 0.15) is 26.2 Å². The molecule has 6 nitrogen and oxygen atoms in total. The predicted octanol–water partition coefficient (Wildman–Crippen LogP) is 3.74. The fourth-order valence-electron chi connectivity index (χ4n) is 2.38. The minimum absolute atomic E-state index is 0.494. The summed E-state index contributed by atoms with van der Waals surface area (Å²) < 4.78 is 0.777. The van der Waals surface area contributed by atoms with E-state index in [0.29, 0.717) is 24.4 Å². The van der Waals surface area contributed by atoms with Crippen molar-refractivity contribution >= 4 is 45.3 Å². The quantitative estimate of drug-likeness (QED) is 0.637. The van der Waals surface area contributed by atoms with Gasteiger partial charge >= 0.3 is 0 Å². The second kappa shape index (κ2) is 8.13. The maximum Gasteiger partial charge on any atom is 0.225 e. The molecule has 1 atom stereocenters. The summed E-state index contributed by atoms with van der Waals surface area (Å²) in [4.78, 5) is 14.4. The molecule has 1 aromatic rings. The Balaban J connectivity index is 1.62. The van der Waals surface area contributed by atoms with Crippen LogP contribution in [-0.2, 0) is 0 Å². The first-order chi connectivity index (χ1) is 11.7. The molecule has 0 amide bonds. The molecule has 0 bridgehead atoms. The first-order valence-corrected chi connectivity index (χ1v) is 9.64. The van der Waals surface area contributed by atoms with Crippen molar-refractivity contribution in [3.63, 3.8) is 0 Å². The summed E-state index contributed by atoms with van der Waals surface area (Å²) in [6, 6.07) is 0.494. The molecule has 1 saturated heterocycles. The molecule has 0 spiro atoms. The Kier molecular flexibility index (Phi) is 5.91. The molecule has 24 heavy (non-hydrogen) atoms. The number of thioether (sulfide) groups is 1. The third kappa shape index (κ3) is 4.81. The Hall–Kier alpha value is -1.38. The molecule has 1 unspecified atom stereocenters. The SMILES string of the molecule is C=C(CNc1ncc(Br)c(N=C2CC(C3CC3)NN2)n1)S/C=C\C. The number of amidine groups is 1. The van der Waals surface area contributed by atoms with Gasteiger partial charge in [0.2, 0.25) is 5.95 Å². The van der Waals surface area contributed by atoms with Crippen molar-refractivity contribution in [3.05, 3.63) is 33.6 Å². The van der Waals surface area contributed by atoms with Gasteiger partial charge in [-0.25, -0.2) is 15.4 Å². The standard InChI is InChI=1S/C16H21BrN6S/c1-3-6-24-10(2)8-18-16-19-9-12(17)15(21-16)20-14-7-13(22-23-14)11-4-5-11/h3,6,9,11,13,22H,2,4-5,7-8H2,1H3,(H2,18,19,20,21,23)/b6-3-. The van der Waals surface area contributed by atoms with Crippen LogP contribution in [0.15, 0.2) is 38.6 Å². The van der Waals surface area contributed by atoms with Crippen molar-refractivity contribution < 1.29 is 0 Å². The van der Waals surface area contributed by atoms with Crippen LogP contribution in [0.5, 0.6) is 0 Å². The summed E-state index contributed by atoms with van der Waals surface area (Å²) >= 11 is 5.06. The second-order valence-corrected chi connectivity index (χ2v) is 7.76. The van der Waals surface area contributed by atoms with Gasteiger partial charge in [0.25, 0.3) is 0 Å². The van der Waals surface area contributed by atoms with Gasteiger partial charge in [-0.1, -0.05) is 12.7 Å². The zero-order chi connectivity index (χ0) is 16.9. The van der Waals surface area contributed by atoms with E-state index in [0.717, 1.165) is 27.6 Å². The maximum absolute atomic E-state index is 4.62. The summed E-state index contributed by atoms with van der Waals surface area (Å²) in [6.45, 7) is 6.59. The summed E-state index contributed by atoms with van der Waals surface area (Å²) in [6.07, 6.45) is 7.25. The van der Waals surface area contributed by atoms with Crippen LogP contribution in [0, 0.1) is 5.92 Å². The van der Waals surface area contributed by atoms with Crippen molar-refractivity contribution in [2.75, 3.05) is 11.9 Å². The number of halogens is 1. The minimum atomic E-state index is 0.494. The molecule has 1 aromatic heterocycles. The zero-order valence-corrected chi connectivity index (χ0v) is 16.0. The summed E-state index contributed by atoms with van der Waals surface area (Å²) in [5, 5.41) is 5.18. The Morgan fingerprint density at radius 3 is 3.17 bits per heavy atom. The normalized spacial score (nSPS) is 22.1. The fraction of sp³-hybridized carbons (Fsp3) is 0.438. The van der Waals surface area contributed by atoms with Crippen LogP contribution < -0.4 is 16.2 Å². The number of hydrazine groups is 1. The number of aromatic nitrogens is 2. The molecule has 0 radical (unpaired) electrons. The molecule has 3 rings (SSSR count). The smallest absolute Gasteiger partial charge is 0.225 e. The Morgan fingerprint density at radius 1 is 1.58 bits per heavy atom. The lowest BCUT2D eigenvalue weighted by Crippen LogP contribution is -2.32. The van der Waals surface area contributed by atoms with Gasteiger partial charge < -0.3 is 10.7 Å². The molecule has 3 N–H and O–H groups in total. The van der Waals surface area contributed by atoms with Gasteiger partial charge in [0, 0.05) is 30.1 Å². The van der Waals surface area contributed by atoms with E-state index in [1.165, 1.54) is 12.8 Å². The number of hydrogen-bond donors (Lipinski definition) is 3. The van der Waals surface area contributed by atoms with Gasteiger partial charge in [0.15, 0.2) is 5.82 Å². The minimum Gasteiger partial charge on any atom is -0.350 e. The van der Waals surface area contributed by atoms with E-state index >= 15 is 0 Å². The van der Waals surface area contributed by atoms with Crippen molar-refractivity contribution in [3.8, 4) is 0 Å². The molecule has 1 aliphatic heterocycles. The van der Waals surface area contributed by atoms with Crippen LogP contribution in [0.25, 0.3) is 0 Å². The largest absolute Gasteiger partial charge is 0.350 e. The first kappa shape index (κ1) is 17.4. The molecular formula is C16H21BrN6S. The molecular weight excluding hydrogens is 388 g/mol. The van der Waals surface area contributed by atoms with Crippen molar-refractivity contribution in [2.45, 2.75) is 32.2 Å². The maximum atomic E-state index is 4.62. The monoisotopic (exact) mass is 408 g/mol. The summed E-state index contributed by atoms with van der Waals surface area (Å²) in [5.74, 6) is 2.88. The molecule has 2 fully saturated rings. The second-order valence-electron chi connectivity index (χ2n) is 5.82. The highest BCUT2D eigenvalue weighted by molar-refractivity contribution is 9.10. The average molecular weight is 409 g/mol. The van der Waals surface area contributed by atoms with E-state index in [1.54, 1.807) is 18.0 Å². The number of nitrogens with one attached hydrogen (secondary N) is 3. The van der Waals surface area contributed by atoms with Gasteiger partial charge in [-0.05, 0) is 47.0 Å². The van der Waals surface area contributed by atoms with E-state index in [4.69, 9.17) is 0 Å². The lowest BCUT2D eigenvalue weighted by molar-refractivity contribution is 0.504. The molecule has 0 aromatic carbocycles. The summed E-state index contributed by atoms with van der Waals surface area (Å²) in [7, 11) is 0. The van der Waals surface area contributed by atoms with Crippen LogP contribution in [-0.4, -0.2) is 28.4 Å². The first-order valence-electron chi connectivity index (χ1n) is 7.97. The van der Waals surface area contributed by atoms with Crippen molar-refractivity contribution in [2.24, 2.45) is 10.9 Å². The average Bonchev–Trinajstić information content (AvgIpc) is 3.33. The molecule has 2 aliphatic rings. The van der Waals surface area contributed by atoms with Crippen molar-refractivity contribution in [1.82, 2.24) is 20.8 Å². The van der Waals surface area contributed by atoms with Gasteiger partial charge in [-0.15, -0.1) is 11.8 Å². The highest BCUT2D eigenvalue weighted by Crippen LogP contribution is 2.35. The third-order valence-corrected chi connectivity index (χ3v) is 5.23. The van der Waals surface area contributed by atoms with Crippen LogP contribution in [0.4, 0.5) is 11.8 Å². The van der Waals surface area contributed by atoms with Crippen LogP contribution >= 0.6 is 27.7 Å². The lowest BCUT2D eigenvalue weighted by Gasteiger charge is -2.07. The molecule has 2 heterocycles. The topological polar surface area (TPSA) is 74.2 Å². The Labute approximate surface area is 154 Å². The van der Waals surface area contributed by atoms with E-state index < -0.39 is 0 Å². The molecule has 8 heteroatoms. The number of hydrogen-bond acceptors (Lipinski definition) is 6. The van der Waals surface area contributed by atoms with E-state index in [9.17, 15) is 0 Å². The number of aliphatic imine (C=N–C) groups is 1. The van der Waals surface area contributed by atoms with E-state index in [-0.39, 0.29) is 0 Å². The highest BCUT2D eigenvalue weighted by atomic mass is 79.9. The van der Waals surface area contributed by atoms with E-state index in [2.05, 4.69) is 53.6 Å². The molecule has 1 saturated carbocycles. The summed E-state index contributed by atoms with van der Waals surface area (Å²) in [5.41, 5.74) is 6.48. The van der Waals surface area contributed by atoms with Crippen LogP contribution in [0.2, 0.25) is 0 Å². The molecule has 1 aliphatic carbocycles. The van der Waals surface area contributed by atoms with Gasteiger partial charge in [0.05, 0.1) is 4.47 Å².